The minimum absolute atomic E-state index is 0.00277. The second-order valence-corrected chi connectivity index (χ2v) is 6.64. The van der Waals surface area contributed by atoms with Crippen LogP contribution in [-0.2, 0) is 10.0 Å². The number of sulfonamides is 1. The standard InChI is InChI=1S/C11H10N4O2S2/c1-7-8(2)18-11(14-7)15-19(16,17)10-4-3-9(5-12)13-6-10/h3-4,6H,1-2H3,(H,14,15). The monoisotopic (exact) mass is 294 g/mol. The highest BCUT2D eigenvalue weighted by molar-refractivity contribution is 7.93. The molecule has 2 heterocycles. The van der Waals surface area contributed by atoms with Gasteiger partial charge >= 0.3 is 0 Å². The zero-order valence-electron chi connectivity index (χ0n) is 10.2. The fourth-order valence-corrected chi connectivity index (χ4v) is 3.29. The van der Waals surface area contributed by atoms with Gasteiger partial charge in [-0.2, -0.15) is 5.26 Å². The lowest BCUT2D eigenvalue weighted by Crippen LogP contribution is -2.13. The van der Waals surface area contributed by atoms with Gasteiger partial charge in [0.25, 0.3) is 10.0 Å². The Hall–Kier alpha value is -1.98. The van der Waals surface area contributed by atoms with Crippen LogP contribution in [0.25, 0.3) is 0 Å². The molecule has 0 atom stereocenters. The van der Waals surface area contributed by atoms with Crippen LogP contribution >= 0.6 is 11.3 Å². The van der Waals surface area contributed by atoms with Gasteiger partial charge in [-0.3, -0.25) is 4.72 Å². The van der Waals surface area contributed by atoms with Crippen molar-refractivity contribution >= 4 is 26.5 Å². The van der Waals surface area contributed by atoms with Crippen LogP contribution in [0.2, 0.25) is 0 Å². The zero-order valence-corrected chi connectivity index (χ0v) is 11.8. The molecular weight excluding hydrogens is 284 g/mol. The Labute approximate surface area is 114 Å². The van der Waals surface area contributed by atoms with Crippen molar-refractivity contribution in [1.82, 2.24) is 9.97 Å². The number of thiazole rings is 1. The second kappa shape index (κ2) is 4.95. The van der Waals surface area contributed by atoms with Crippen molar-refractivity contribution in [1.29, 1.82) is 5.26 Å². The average Bonchev–Trinajstić information content (AvgIpc) is 2.67. The van der Waals surface area contributed by atoms with E-state index in [1.165, 1.54) is 23.5 Å². The molecule has 8 heteroatoms. The molecule has 0 unspecified atom stereocenters. The van der Waals surface area contributed by atoms with Crippen LogP contribution in [0.15, 0.2) is 23.2 Å². The van der Waals surface area contributed by atoms with Gasteiger partial charge < -0.3 is 0 Å². The molecule has 0 radical (unpaired) electrons. The number of nitrogens with zero attached hydrogens (tertiary/aromatic N) is 3. The van der Waals surface area contributed by atoms with Crippen molar-refractivity contribution in [3.63, 3.8) is 0 Å². The molecule has 0 amide bonds. The predicted octanol–water partition coefficient (Wildman–Crippen LogP) is 1.83. The largest absolute Gasteiger partial charge is 0.265 e. The Morgan fingerprint density at radius 2 is 2.11 bits per heavy atom. The van der Waals surface area contributed by atoms with E-state index in [0.29, 0.717) is 5.13 Å². The molecule has 0 aromatic carbocycles. The summed E-state index contributed by atoms with van der Waals surface area (Å²) in [5.74, 6) is 0. The van der Waals surface area contributed by atoms with Crippen molar-refractivity contribution in [2.75, 3.05) is 4.72 Å². The predicted molar refractivity (Wildman–Crippen MR) is 71.3 cm³/mol. The van der Waals surface area contributed by atoms with E-state index in [9.17, 15) is 8.42 Å². The van der Waals surface area contributed by atoms with Crippen molar-refractivity contribution < 1.29 is 8.42 Å². The molecular formula is C11H10N4O2S2. The highest BCUT2D eigenvalue weighted by Crippen LogP contribution is 2.23. The molecule has 0 fully saturated rings. The Kier molecular flexibility index (Phi) is 3.50. The number of aryl methyl sites for hydroxylation is 2. The van der Waals surface area contributed by atoms with Crippen molar-refractivity contribution in [3.05, 3.63) is 34.6 Å². The van der Waals surface area contributed by atoms with E-state index in [4.69, 9.17) is 5.26 Å². The summed E-state index contributed by atoms with van der Waals surface area (Å²) in [5.41, 5.74) is 0.959. The van der Waals surface area contributed by atoms with Crippen molar-refractivity contribution in [2.45, 2.75) is 18.7 Å². The van der Waals surface area contributed by atoms with Crippen LogP contribution in [0.4, 0.5) is 5.13 Å². The Morgan fingerprint density at radius 1 is 1.37 bits per heavy atom. The van der Waals surface area contributed by atoms with Crippen molar-refractivity contribution in [2.24, 2.45) is 0 Å². The number of nitriles is 1. The summed E-state index contributed by atoms with van der Waals surface area (Å²) in [5, 5.41) is 8.93. The maximum atomic E-state index is 12.1. The molecule has 2 aromatic heterocycles. The van der Waals surface area contributed by atoms with E-state index in [1.807, 2.05) is 19.9 Å². The third-order valence-electron chi connectivity index (χ3n) is 2.41. The van der Waals surface area contributed by atoms with Crippen LogP contribution in [-0.4, -0.2) is 18.4 Å². The summed E-state index contributed by atoms with van der Waals surface area (Å²) in [4.78, 5) is 8.79. The van der Waals surface area contributed by atoms with Gasteiger partial charge in [-0.1, -0.05) is 0 Å². The topological polar surface area (TPSA) is 95.7 Å². The molecule has 0 aliphatic heterocycles. The third kappa shape index (κ3) is 2.89. The summed E-state index contributed by atoms with van der Waals surface area (Å²) in [6.45, 7) is 3.68. The summed E-state index contributed by atoms with van der Waals surface area (Å²) in [6.07, 6.45) is 1.15. The summed E-state index contributed by atoms with van der Waals surface area (Å²) >= 11 is 1.27. The van der Waals surface area contributed by atoms with E-state index in [1.54, 1.807) is 0 Å². The van der Waals surface area contributed by atoms with Crippen LogP contribution in [0.3, 0.4) is 0 Å². The van der Waals surface area contributed by atoms with Crippen LogP contribution in [0, 0.1) is 25.2 Å². The highest BCUT2D eigenvalue weighted by atomic mass is 32.2. The lowest BCUT2D eigenvalue weighted by Gasteiger charge is -2.04. The number of hydrogen-bond donors (Lipinski definition) is 1. The summed E-state index contributed by atoms with van der Waals surface area (Å²) in [6, 6.07) is 4.52. The normalized spacial score (nSPS) is 11.0. The minimum atomic E-state index is -3.72. The molecule has 2 rings (SSSR count). The van der Waals surface area contributed by atoms with Gasteiger partial charge in [-0.25, -0.2) is 18.4 Å². The molecule has 98 valence electrons. The fraction of sp³-hybridized carbons (Fsp3) is 0.182. The molecule has 0 saturated carbocycles. The van der Waals surface area contributed by atoms with E-state index in [2.05, 4.69) is 14.7 Å². The first-order valence-electron chi connectivity index (χ1n) is 5.25. The van der Waals surface area contributed by atoms with E-state index < -0.39 is 10.0 Å². The van der Waals surface area contributed by atoms with Crippen molar-refractivity contribution in [3.8, 4) is 6.07 Å². The molecule has 6 nitrogen and oxygen atoms in total. The molecule has 0 aliphatic carbocycles. The molecule has 19 heavy (non-hydrogen) atoms. The number of anilines is 1. The molecule has 0 aliphatic rings. The number of pyridine rings is 1. The second-order valence-electron chi connectivity index (χ2n) is 3.76. The molecule has 0 bridgehead atoms. The van der Waals surface area contributed by atoms with Crippen LogP contribution < -0.4 is 4.72 Å². The maximum Gasteiger partial charge on any atom is 0.265 e. The first-order chi connectivity index (χ1) is 8.92. The van der Waals surface area contributed by atoms with Gasteiger partial charge in [0.15, 0.2) is 5.13 Å². The first kappa shape index (κ1) is 13.5. The van der Waals surface area contributed by atoms with Crippen LogP contribution in [0.1, 0.15) is 16.3 Å². The van der Waals surface area contributed by atoms with E-state index in [0.717, 1.165) is 16.8 Å². The van der Waals surface area contributed by atoms with Gasteiger partial charge in [-0.15, -0.1) is 11.3 Å². The molecule has 0 spiro atoms. The van der Waals surface area contributed by atoms with Gasteiger partial charge in [0.05, 0.1) is 5.69 Å². The fourth-order valence-electron chi connectivity index (χ4n) is 1.30. The Balaban J connectivity index is 2.29. The van der Waals surface area contributed by atoms with Crippen LogP contribution in [0.5, 0.6) is 0 Å². The van der Waals surface area contributed by atoms with E-state index in [-0.39, 0.29) is 10.6 Å². The van der Waals surface area contributed by atoms with E-state index >= 15 is 0 Å². The van der Waals surface area contributed by atoms with Gasteiger partial charge in [0.1, 0.15) is 16.7 Å². The van der Waals surface area contributed by atoms with Gasteiger partial charge in [0, 0.05) is 11.1 Å². The molecule has 1 N–H and O–H groups in total. The lowest BCUT2D eigenvalue weighted by atomic mass is 10.4. The summed E-state index contributed by atoms with van der Waals surface area (Å²) in [7, 11) is -3.72. The zero-order chi connectivity index (χ0) is 14.0. The lowest BCUT2D eigenvalue weighted by molar-refractivity contribution is 0.600. The quantitative estimate of drug-likeness (QED) is 0.931. The van der Waals surface area contributed by atoms with Gasteiger partial charge in [0.2, 0.25) is 0 Å². The highest BCUT2D eigenvalue weighted by Gasteiger charge is 2.17. The Morgan fingerprint density at radius 3 is 2.58 bits per heavy atom. The number of aromatic nitrogens is 2. The Bertz CT molecular complexity index is 722. The maximum absolute atomic E-state index is 12.1. The minimum Gasteiger partial charge on any atom is -0.255 e. The SMILES string of the molecule is Cc1nc(NS(=O)(=O)c2ccc(C#N)nc2)sc1C. The molecule has 2 aromatic rings. The third-order valence-corrected chi connectivity index (χ3v) is 4.85. The van der Waals surface area contributed by atoms with Gasteiger partial charge in [-0.05, 0) is 26.0 Å². The number of rotatable bonds is 3. The molecule has 0 saturated heterocycles. The first-order valence-corrected chi connectivity index (χ1v) is 7.55. The number of hydrogen-bond acceptors (Lipinski definition) is 6. The average molecular weight is 294 g/mol. The smallest absolute Gasteiger partial charge is 0.255 e. The summed E-state index contributed by atoms with van der Waals surface area (Å²) < 4.78 is 26.5. The number of nitrogens with one attached hydrogen (secondary N) is 1.